The van der Waals surface area contributed by atoms with Crippen LogP contribution >= 0.6 is 0 Å². The van der Waals surface area contributed by atoms with Crippen molar-refractivity contribution in [1.82, 2.24) is 5.32 Å². The summed E-state index contributed by atoms with van der Waals surface area (Å²) in [5.74, 6) is 0.839. The van der Waals surface area contributed by atoms with Gasteiger partial charge in [0.05, 0.1) is 17.4 Å². The summed E-state index contributed by atoms with van der Waals surface area (Å²) in [5, 5.41) is 8.23. The van der Waals surface area contributed by atoms with Gasteiger partial charge in [-0.05, 0) is 54.7 Å². The number of ether oxygens (including phenoxy) is 1. The summed E-state index contributed by atoms with van der Waals surface area (Å²) >= 11 is 0. The first-order valence-corrected chi connectivity index (χ1v) is 11.4. The molecule has 7 heteroatoms. The maximum Gasteiger partial charge on any atom is 0.238 e. The van der Waals surface area contributed by atoms with E-state index in [-0.39, 0.29) is 10.8 Å². The summed E-state index contributed by atoms with van der Waals surface area (Å²) in [6, 6.07) is 14.2. The molecular formula is C22H28N2O4S. The third-order valence-corrected chi connectivity index (χ3v) is 6.66. The van der Waals surface area contributed by atoms with Crippen LogP contribution in [0, 0.1) is 0 Å². The fourth-order valence-electron chi connectivity index (χ4n) is 4.05. The molecular weight excluding hydrogens is 388 g/mol. The molecule has 2 aromatic carbocycles. The average Bonchev–Trinajstić information content (AvgIpc) is 2.74. The Labute approximate surface area is 172 Å². The van der Waals surface area contributed by atoms with E-state index in [1.54, 1.807) is 19.2 Å². The molecule has 3 N–H and O–H groups in total. The zero-order chi connectivity index (χ0) is 20.9. The number of carbonyl (C=O) groups excluding carboxylic acids is 1. The van der Waals surface area contributed by atoms with Gasteiger partial charge in [0.2, 0.25) is 15.9 Å². The Balaban J connectivity index is 1.67. The van der Waals surface area contributed by atoms with Crippen molar-refractivity contribution >= 4 is 15.9 Å². The van der Waals surface area contributed by atoms with Crippen LogP contribution in [0.4, 0.5) is 0 Å². The van der Waals surface area contributed by atoms with E-state index >= 15 is 0 Å². The summed E-state index contributed by atoms with van der Waals surface area (Å²) in [6.45, 7) is 0.492. The van der Waals surface area contributed by atoms with E-state index in [2.05, 4.69) is 5.32 Å². The maximum atomic E-state index is 13.2. The lowest BCUT2D eigenvalue weighted by atomic mass is 9.68. The van der Waals surface area contributed by atoms with Gasteiger partial charge in [-0.3, -0.25) is 4.79 Å². The molecule has 156 valence electrons. The zero-order valence-electron chi connectivity index (χ0n) is 16.7. The standard InChI is InChI=1S/C22H28N2O4S/c1-28-19-9-7-18(8-10-19)22(14-3-2-4-15-22)21(25)24-16-13-17-5-11-20(12-6-17)29(23,26)27/h5-12H,2-4,13-16H2,1H3,(H,24,25)(H2,23,26,27). The van der Waals surface area contributed by atoms with Crippen molar-refractivity contribution in [1.29, 1.82) is 0 Å². The van der Waals surface area contributed by atoms with E-state index in [4.69, 9.17) is 9.88 Å². The Morgan fingerprint density at radius 3 is 2.21 bits per heavy atom. The quantitative estimate of drug-likeness (QED) is 0.725. The van der Waals surface area contributed by atoms with E-state index < -0.39 is 15.4 Å². The predicted molar refractivity (Wildman–Crippen MR) is 112 cm³/mol. The first-order chi connectivity index (χ1) is 13.8. The third kappa shape index (κ3) is 4.97. The van der Waals surface area contributed by atoms with Crippen LogP contribution in [0.3, 0.4) is 0 Å². The first-order valence-electron chi connectivity index (χ1n) is 9.90. The van der Waals surface area contributed by atoms with Crippen LogP contribution in [0.2, 0.25) is 0 Å². The summed E-state index contributed by atoms with van der Waals surface area (Å²) < 4.78 is 27.9. The van der Waals surface area contributed by atoms with E-state index in [0.717, 1.165) is 49.0 Å². The van der Waals surface area contributed by atoms with Gasteiger partial charge in [0.25, 0.3) is 0 Å². The van der Waals surface area contributed by atoms with E-state index in [9.17, 15) is 13.2 Å². The molecule has 0 saturated heterocycles. The zero-order valence-corrected chi connectivity index (χ0v) is 17.5. The normalized spacial score (nSPS) is 16.2. The van der Waals surface area contributed by atoms with Gasteiger partial charge in [0.15, 0.2) is 0 Å². The van der Waals surface area contributed by atoms with E-state index in [0.29, 0.717) is 13.0 Å². The minimum atomic E-state index is -3.69. The molecule has 0 aromatic heterocycles. The number of nitrogens with one attached hydrogen (secondary N) is 1. The molecule has 0 atom stereocenters. The highest BCUT2D eigenvalue weighted by molar-refractivity contribution is 7.89. The fraction of sp³-hybridized carbons (Fsp3) is 0.409. The Hall–Kier alpha value is -2.38. The number of hydrogen-bond donors (Lipinski definition) is 2. The highest BCUT2D eigenvalue weighted by atomic mass is 32.2. The van der Waals surface area contributed by atoms with Gasteiger partial charge in [-0.2, -0.15) is 0 Å². The first kappa shape index (κ1) is 21.3. The minimum absolute atomic E-state index is 0.0588. The monoisotopic (exact) mass is 416 g/mol. The molecule has 1 amide bonds. The molecule has 0 spiro atoms. The molecule has 1 aliphatic carbocycles. The second kappa shape index (κ2) is 8.97. The molecule has 1 aliphatic rings. The van der Waals surface area contributed by atoms with Gasteiger partial charge in [0.1, 0.15) is 5.75 Å². The number of primary sulfonamides is 1. The van der Waals surface area contributed by atoms with Crippen molar-refractivity contribution in [3.63, 3.8) is 0 Å². The number of rotatable bonds is 7. The Kier molecular flexibility index (Phi) is 6.59. The van der Waals surface area contributed by atoms with Crippen LogP contribution in [-0.4, -0.2) is 28.0 Å². The smallest absolute Gasteiger partial charge is 0.238 e. The van der Waals surface area contributed by atoms with Crippen molar-refractivity contribution in [2.24, 2.45) is 5.14 Å². The molecule has 3 rings (SSSR count). The minimum Gasteiger partial charge on any atom is -0.497 e. The molecule has 0 unspecified atom stereocenters. The van der Waals surface area contributed by atoms with Crippen molar-refractivity contribution < 1.29 is 17.9 Å². The SMILES string of the molecule is COc1ccc(C2(C(=O)NCCc3ccc(S(N)(=O)=O)cc3)CCCCC2)cc1. The van der Waals surface area contributed by atoms with Crippen LogP contribution in [0.15, 0.2) is 53.4 Å². The molecule has 0 radical (unpaired) electrons. The summed E-state index contributed by atoms with van der Waals surface area (Å²) in [5.41, 5.74) is 1.48. The number of carbonyl (C=O) groups is 1. The molecule has 0 heterocycles. The fourth-order valence-corrected chi connectivity index (χ4v) is 4.56. The number of hydrogen-bond acceptors (Lipinski definition) is 4. The van der Waals surface area contributed by atoms with Gasteiger partial charge in [0, 0.05) is 6.54 Å². The Morgan fingerprint density at radius 2 is 1.66 bits per heavy atom. The van der Waals surface area contributed by atoms with Crippen molar-refractivity contribution in [2.45, 2.75) is 48.8 Å². The predicted octanol–water partition coefficient (Wildman–Crippen LogP) is 2.90. The molecule has 0 aliphatic heterocycles. The number of amides is 1. The van der Waals surface area contributed by atoms with E-state index in [1.165, 1.54) is 12.1 Å². The lowest BCUT2D eigenvalue weighted by Crippen LogP contribution is -2.46. The van der Waals surface area contributed by atoms with Gasteiger partial charge in [-0.15, -0.1) is 0 Å². The summed E-state index contributed by atoms with van der Waals surface area (Å²) in [4.78, 5) is 13.3. The lowest BCUT2D eigenvalue weighted by Gasteiger charge is -2.36. The number of methoxy groups -OCH3 is 1. The molecule has 0 bridgehead atoms. The summed E-state index contributed by atoms with van der Waals surface area (Å²) in [7, 11) is -2.06. The average molecular weight is 417 g/mol. The van der Waals surface area contributed by atoms with E-state index in [1.807, 2.05) is 24.3 Å². The highest BCUT2D eigenvalue weighted by Crippen LogP contribution is 2.40. The van der Waals surface area contributed by atoms with Crippen LogP contribution in [0.1, 0.15) is 43.2 Å². The van der Waals surface area contributed by atoms with Crippen LogP contribution in [-0.2, 0) is 26.7 Å². The van der Waals surface area contributed by atoms with Gasteiger partial charge in [-0.25, -0.2) is 13.6 Å². The molecule has 29 heavy (non-hydrogen) atoms. The van der Waals surface area contributed by atoms with Crippen LogP contribution < -0.4 is 15.2 Å². The molecule has 1 fully saturated rings. The second-order valence-corrected chi connectivity index (χ2v) is 9.13. The molecule has 1 saturated carbocycles. The maximum absolute atomic E-state index is 13.2. The van der Waals surface area contributed by atoms with Crippen LogP contribution in [0.25, 0.3) is 0 Å². The second-order valence-electron chi connectivity index (χ2n) is 7.57. The van der Waals surface area contributed by atoms with Gasteiger partial charge in [-0.1, -0.05) is 43.5 Å². The summed E-state index contributed by atoms with van der Waals surface area (Å²) in [6.07, 6.45) is 5.53. The number of sulfonamides is 1. The van der Waals surface area contributed by atoms with Crippen molar-refractivity contribution in [2.75, 3.05) is 13.7 Å². The van der Waals surface area contributed by atoms with Crippen molar-refractivity contribution in [3.05, 3.63) is 59.7 Å². The Morgan fingerprint density at radius 1 is 1.03 bits per heavy atom. The van der Waals surface area contributed by atoms with Crippen molar-refractivity contribution in [3.8, 4) is 5.75 Å². The van der Waals surface area contributed by atoms with Crippen LogP contribution in [0.5, 0.6) is 5.75 Å². The molecule has 2 aromatic rings. The topological polar surface area (TPSA) is 98.5 Å². The number of benzene rings is 2. The molecule has 6 nitrogen and oxygen atoms in total. The van der Waals surface area contributed by atoms with Gasteiger partial charge >= 0.3 is 0 Å². The largest absolute Gasteiger partial charge is 0.497 e. The Bertz CT molecular complexity index is 932. The third-order valence-electron chi connectivity index (χ3n) is 5.74. The highest BCUT2D eigenvalue weighted by Gasteiger charge is 2.40. The van der Waals surface area contributed by atoms with Gasteiger partial charge < -0.3 is 10.1 Å². The number of nitrogens with two attached hydrogens (primary N) is 1. The lowest BCUT2D eigenvalue weighted by molar-refractivity contribution is -0.128.